The lowest BCUT2D eigenvalue weighted by atomic mass is 9.95. The van der Waals surface area contributed by atoms with Crippen LogP contribution in [0.2, 0.25) is 0 Å². The Labute approximate surface area is 243 Å². The summed E-state index contributed by atoms with van der Waals surface area (Å²) in [7, 11) is 4.66. The van der Waals surface area contributed by atoms with Crippen LogP contribution in [0.4, 0.5) is 10.8 Å². The number of carbonyl (C=O) groups is 2. The highest BCUT2D eigenvalue weighted by molar-refractivity contribution is 7.13. The van der Waals surface area contributed by atoms with Gasteiger partial charge in [-0.3, -0.25) is 14.4 Å². The Morgan fingerprint density at radius 2 is 1.80 bits per heavy atom. The van der Waals surface area contributed by atoms with Gasteiger partial charge in [0.1, 0.15) is 6.04 Å². The highest BCUT2D eigenvalue weighted by Gasteiger charge is 2.30. The van der Waals surface area contributed by atoms with E-state index in [1.54, 1.807) is 20.3 Å². The van der Waals surface area contributed by atoms with Crippen LogP contribution in [0, 0.1) is 12.8 Å². The number of carbonyl (C=O) groups excluding carboxylic acids is 2. The summed E-state index contributed by atoms with van der Waals surface area (Å²) in [6.45, 7) is 7.12. The molecule has 3 aromatic rings. The zero-order valence-electron chi connectivity index (χ0n) is 24.3. The minimum atomic E-state index is -0.702. The lowest BCUT2D eigenvalue weighted by Crippen LogP contribution is -2.39. The third-order valence-electron chi connectivity index (χ3n) is 7.03. The Bertz CT molecular complexity index is 1520. The van der Waals surface area contributed by atoms with Gasteiger partial charge in [-0.15, -0.1) is 11.3 Å². The molecule has 218 valence electrons. The SMILES string of the molecule is COc1cc2c(c(OC)c1OC)-c1ccc(N[C@H](C(=O)Nc3nc(C)cs3)C(C)C)c(=O)cc1[C@@H](NC(C)=O)CC2. The predicted octanol–water partition coefficient (Wildman–Crippen LogP) is 4.70. The second kappa shape index (κ2) is 12.6. The second-order valence-corrected chi connectivity index (χ2v) is 11.1. The molecule has 41 heavy (non-hydrogen) atoms. The first-order chi connectivity index (χ1) is 19.6. The Morgan fingerprint density at radius 3 is 2.39 bits per heavy atom. The summed E-state index contributed by atoms with van der Waals surface area (Å²) < 4.78 is 17.1. The fraction of sp³-hybridized carbons (Fsp3) is 0.400. The number of aryl methyl sites for hydroxylation is 2. The molecule has 0 radical (unpaired) electrons. The van der Waals surface area contributed by atoms with Crippen molar-refractivity contribution in [1.82, 2.24) is 10.3 Å². The second-order valence-electron chi connectivity index (χ2n) is 10.2. The maximum Gasteiger partial charge on any atom is 0.248 e. The summed E-state index contributed by atoms with van der Waals surface area (Å²) >= 11 is 1.34. The van der Waals surface area contributed by atoms with E-state index in [1.807, 2.05) is 38.3 Å². The number of nitrogens with one attached hydrogen (secondary N) is 3. The summed E-state index contributed by atoms with van der Waals surface area (Å²) in [5.41, 5.74) is 3.80. The quantitative estimate of drug-likeness (QED) is 0.332. The molecule has 2 atom stereocenters. The number of thiazole rings is 1. The van der Waals surface area contributed by atoms with E-state index in [0.717, 1.165) is 16.8 Å². The molecule has 0 aliphatic heterocycles. The summed E-state index contributed by atoms with van der Waals surface area (Å²) in [5, 5.41) is 11.4. The van der Waals surface area contributed by atoms with Gasteiger partial charge in [0.05, 0.1) is 38.8 Å². The third kappa shape index (κ3) is 6.30. The van der Waals surface area contributed by atoms with Crippen molar-refractivity contribution in [2.24, 2.45) is 5.92 Å². The van der Waals surface area contributed by atoms with Crippen molar-refractivity contribution in [3.8, 4) is 28.4 Å². The van der Waals surface area contributed by atoms with Gasteiger partial charge in [-0.2, -0.15) is 0 Å². The molecule has 3 N–H and O–H groups in total. The van der Waals surface area contributed by atoms with Crippen LogP contribution in [-0.4, -0.2) is 44.2 Å². The van der Waals surface area contributed by atoms with Crippen molar-refractivity contribution in [1.29, 1.82) is 0 Å². The number of benzene rings is 1. The summed E-state index contributed by atoms with van der Waals surface area (Å²) in [6, 6.07) is 5.80. The van der Waals surface area contributed by atoms with Crippen molar-refractivity contribution in [2.75, 3.05) is 32.0 Å². The molecule has 11 heteroatoms. The van der Waals surface area contributed by atoms with E-state index in [2.05, 4.69) is 20.9 Å². The molecular weight excluding hydrogens is 544 g/mol. The van der Waals surface area contributed by atoms with Crippen molar-refractivity contribution in [2.45, 2.75) is 52.6 Å². The molecule has 10 nitrogen and oxygen atoms in total. The van der Waals surface area contributed by atoms with Gasteiger partial charge in [0, 0.05) is 17.9 Å². The first kappa shape index (κ1) is 29.9. The number of aromatic nitrogens is 1. The lowest BCUT2D eigenvalue weighted by molar-refractivity contribution is -0.120. The molecule has 0 bridgehead atoms. The van der Waals surface area contributed by atoms with Crippen LogP contribution < -0.4 is 35.6 Å². The molecule has 0 fully saturated rings. The van der Waals surface area contributed by atoms with Gasteiger partial charge in [-0.25, -0.2) is 4.98 Å². The molecule has 2 aromatic carbocycles. The van der Waals surface area contributed by atoms with Gasteiger partial charge >= 0.3 is 0 Å². The number of hydrogen-bond donors (Lipinski definition) is 3. The standard InChI is InChI=1S/C30H36N4O6S/c1-15(2)26(29(37)34-30-31-16(3)14-41-30)33-22-11-9-19-20(13-23(22)36)21(32-17(4)35)10-8-18-12-24(38-5)27(39-6)28(40-7)25(18)19/h9,11-15,21,26H,8,10H2,1-7H3,(H,32,35)(H,33,36)(H,31,34,37)/t21-,26-/m0/s1. The van der Waals surface area contributed by atoms with Crippen LogP contribution in [0.1, 0.15) is 50.1 Å². The summed E-state index contributed by atoms with van der Waals surface area (Å²) in [4.78, 5) is 43.4. The Kier molecular flexibility index (Phi) is 9.17. The summed E-state index contributed by atoms with van der Waals surface area (Å²) in [5.74, 6) is 0.790. The number of hydrogen-bond acceptors (Lipinski definition) is 9. The first-order valence-electron chi connectivity index (χ1n) is 13.3. The van der Waals surface area contributed by atoms with Gasteiger partial charge in [-0.05, 0) is 60.6 Å². The highest BCUT2D eigenvalue weighted by Crippen LogP contribution is 2.50. The summed E-state index contributed by atoms with van der Waals surface area (Å²) in [6.07, 6.45) is 1.15. The molecule has 1 aliphatic carbocycles. The number of amides is 2. The molecule has 0 unspecified atom stereocenters. The van der Waals surface area contributed by atoms with Crippen LogP contribution in [0.25, 0.3) is 11.1 Å². The van der Waals surface area contributed by atoms with E-state index in [4.69, 9.17) is 14.2 Å². The van der Waals surface area contributed by atoms with E-state index in [1.165, 1.54) is 31.4 Å². The number of rotatable bonds is 9. The zero-order chi connectivity index (χ0) is 29.8. The molecule has 1 aromatic heterocycles. The fourth-order valence-corrected chi connectivity index (χ4v) is 5.82. The smallest absolute Gasteiger partial charge is 0.248 e. The Hall–Kier alpha value is -4.12. The number of fused-ring (bicyclic) bond motifs is 3. The molecule has 0 saturated heterocycles. The molecule has 4 rings (SSSR count). The predicted molar refractivity (Wildman–Crippen MR) is 160 cm³/mol. The van der Waals surface area contributed by atoms with Crippen LogP contribution >= 0.6 is 11.3 Å². The average Bonchev–Trinajstić information content (AvgIpc) is 3.19. The van der Waals surface area contributed by atoms with Crippen molar-refractivity contribution in [3.05, 3.63) is 56.7 Å². The zero-order valence-corrected chi connectivity index (χ0v) is 25.2. The van der Waals surface area contributed by atoms with Crippen LogP contribution in [0.3, 0.4) is 0 Å². The molecule has 2 amide bonds. The minimum Gasteiger partial charge on any atom is -0.493 e. The Morgan fingerprint density at radius 1 is 1.07 bits per heavy atom. The highest BCUT2D eigenvalue weighted by atomic mass is 32.1. The van der Waals surface area contributed by atoms with Gasteiger partial charge < -0.3 is 30.2 Å². The number of nitrogens with zero attached hydrogens (tertiary/aromatic N) is 1. The number of ether oxygens (including phenoxy) is 3. The van der Waals surface area contributed by atoms with Crippen LogP contribution in [0.15, 0.2) is 34.4 Å². The van der Waals surface area contributed by atoms with Gasteiger partial charge in [0.25, 0.3) is 0 Å². The van der Waals surface area contributed by atoms with E-state index < -0.39 is 12.1 Å². The van der Waals surface area contributed by atoms with Crippen molar-refractivity contribution in [3.63, 3.8) is 0 Å². The van der Waals surface area contributed by atoms with E-state index in [0.29, 0.717) is 46.3 Å². The lowest BCUT2D eigenvalue weighted by Gasteiger charge is -2.21. The van der Waals surface area contributed by atoms with E-state index in [9.17, 15) is 14.4 Å². The maximum atomic E-state index is 13.7. The van der Waals surface area contributed by atoms with Gasteiger partial charge in [0.15, 0.2) is 16.6 Å². The Balaban J connectivity index is 1.86. The fourth-order valence-electron chi connectivity index (χ4n) is 5.12. The van der Waals surface area contributed by atoms with Gasteiger partial charge in [-0.1, -0.05) is 19.9 Å². The van der Waals surface area contributed by atoms with Gasteiger partial charge in [0.2, 0.25) is 23.0 Å². The molecular formula is C30H36N4O6S. The average molecular weight is 581 g/mol. The number of anilines is 2. The maximum absolute atomic E-state index is 13.7. The first-order valence-corrected chi connectivity index (χ1v) is 14.2. The van der Waals surface area contributed by atoms with Crippen molar-refractivity contribution >= 4 is 34.0 Å². The van der Waals surface area contributed by atoms with E-state index >= 15 is 0 Å². The normalized spacial score (nSPS) is 14.7. The monoisotopic (exact) mass is 580 g/mol. The topological polar surface area (TPSA) is 128 Å². The molecule has 1 aliphatic rings. The minimum absolute atomic E-state index is 0.136. The molecule has 0 saturated carbocycles. The third-order valence-corrected chi connectivity index (χ3v) is 7.90. The molecule has 1 heterocycles. The van der Waals surface area contributed by atoms with E-state index in [-0.39, 0.29) is 28.8 Å². The molecule has 0 spiro atoms. The van der Waals surface area contributed by atoms with Crippen LogP contribution in [-0.2, 0) is 16.0 Å². The number of methoxy groups -OCH3 is 3. The van der Waals surface area contributed by atoms with Crippen molar-refractivity contribution < 1.29 is 23.8 Å². The largest absolute Gasteiger partial charge is 0.493 e. The van der Waals surface area contributed by atoms with Crippen LogP contribution in [0.5, 0.6) is 17.2 Å².